The SMILES string of the molecule is C=Cc1c(SC(C)(C)C)cccc1N1CCNCC1. The van der Waals surface area contributed by atoms with Crippen LogP contribution in [0, 0.1) is 0 Å². The Bertz CT molecular complexity index is 443. The largest absolute Gasteiger partial charge is 0.368 e. The molecule has 1 aliphatic rings. The van der Waals surface area contributed by atoms with Crippen molar-refractivity contribution in [3.05, 3.63) is 30.3 Å². The number of benzene rings is 1. The van der Waals surface area contributed by atoms with Crippen LogP contribution in [0.15, 0.2) is 29.7 Å². The van der Waals surface area contributed by atoms with Crippen molar-refractivity contribution in [1.82, 2.24) is 5.32 Å². The first-order valence-corrected chi connectivity index (χ1v) is 7.73. The van der Waals surface area contributed by atoms with E-state index >= 15 is 0 Å². The second kappa shape index (κ2) is 6.02. The highest BCUT2D eigenvalue weighted by Crippen LogP contribution is 2.38. The van der Waals surface area contributed by atoms with E-state index in [2.05, 4.69) is 55.8 Å². The van der Waals surface area contributed by atoms with E-state index in [4.69, 9.17) is 0 Å². The number of piperazine rings is 1. The van der Waals surface area contributed by atoms with Gasteiger partial charge in [0.25, 0.3) is 0 Å². The quantitative estimate of drug-likeness (QED) is 0.849. The minimum absolute atomic E-state index is 0.222. The first-order chi connectivity index (χ1) is 9.01. The molecule has 1 fully saturated rings. The van der Waals surface area contributed by atoms with Crippen LogP contribution in [0.1, 0.15) is 26.3 Å². The molecule has 1 aliphatic heterocycles. The van der Waals surface area contributed by atoms with Gasteiger partial charge in [0.05, 0.1) is 0 Å². The van der Waals surface area contributed by atoms with Crippen molar-refractivity contribution in [2.45, 2.75) is 30.4 Å². The monoisotopic (exact) mass is 276 g/mol. The Kier molecular flexibility index (Phi) is 4.58. The Hall–Kier alpha value is -0.930. The molecule has 0 unspecified atom stereocenters. The zero-order chi connectivity index (χ0) is 13.9. The van der Waals surface area contributed by atoms with Crippen molar-refractivity contribution in [1.29, 1.82) is 0 Å². The van der Waals surface area contributed by atoms with E-state index in [1.165, 1.54) is 16.1 Å². The number of nitrogens with one attached hydrogen (secondary N) is 1. The first-order valence-electron chi connectivity index (χ1n) is 6.91. The van der Waals surface area contributed by atoms with Gasteiger partial charge >= 0.3 is 0 Å². The van der Waals surface area contributed by atoms with E-state index in [0.717, 1.165) is 26.2 Å². The van der Waals surface area contributed by atoms with Gasteiger partial charge in [-0.2, -0.15) is 0 Å². The maximum Gasteiger partial charge on any atom is 0.0451 e. The minimum Gasteiger partial charge on any atom is -0.368 e. The van der Waals surface area contributed by atoms with Crippen LogP contribution in [0.3, 0.4) is 0 Å². The highest BCUT2D eigenvalue weighted by molar-refractivity contribution is 8.00. The van der Waals surface area contributed by atoms with Gasteiger partial charge in [-0.25, -0.2) is 0 Å². The van der Waals surface area contributed by atoms with Crippen LogP contribution in [0.4, 0.5) is 5.69 Å². The van der Waals surface area contributed by atoms with Crippen LogP contribution in [-0.2, 0) is 0 Å². The van der Waals surface area contributed by atoms with Gasteiger partial charge in [0.15, 0.2) is 0 Å². The van der Waals surface area contributed by atoms with Gasteiger partial charge in [0.2, 0.25) is 0 Å². The molecular weight excluding hydrogens is 252 g/mol. The molecule has 0 bridgehead atoms. The molecule has 2 nitrogen and oxygen atoms in total. The molecule has 0 spiro atoms. The lowest BCUT2D eigenvalue weighted by molar-refractivity contribution is 0.588. The van der Waals surface area contributed by atoms with Crippen molar-refractivity contribution in [3.8, 4) is 0 Å². The van der Waals surface area contributed by atoms with E-state index in [-0.39, 0.29) is 4.75 Å². The van der Waals surface area contributed by atoms with Crippen LogP contribution >= 0.6 is 11.8 Å². The summed E-state index contributed by atoms with van der Waals surface area (Å²) in [5.74, 6) is 0. The van der Waals surface area contributed by atoms with Gasteiger partial charge in [-0.15, -0.1) is 11.8 Å². The fraction of sp³-hybridized carbons (Fsp3) is 0.500. The van der Waals surface area contributed by atoms with Gasteiger partial charge in [0.1, 0.15) is 0 Å². The van der Waals surface area contributed by atoms with Crippen LogP contribution in [0.25, 0.3) is 6.08 Å². The zero-order valence-corrected chi connectivity index (χ0v) is 13.0. The zero-order valence-electron chi connectivity index (χ0n) is 12.2. The van der Waals surface area contributed by atoms with E-state index in [9.17, 15) is 0 Å². The lowest BCUT2D eigenvalue weighted by Crippen LogP contribution is -2.43. The lowest BCUT2D eigenvalue weighted by Gasteiger charge is -2.32. The first kappa shape index (κ1) is 14.5. The van der Waals surface area contributed by atoms with Gasteiger partial charge in [-0.1, -0.05) is 39.5 Å². The summed E-state index contributed by atoms with van der Waals surface area (Å²) in [6, 6.07) is 6.59. The predicted molar refractivity (Wildman–Crippen MR) is 87.2 cm³/mol. The molecule has 2 rings (SSSR count). The van der Waals surface area contributed by atoms with Gasteiger partial charge in [0, 0.05) is 47.1 Å². The molecule has 1 N–H and O–H groups in total. The Labute approximate surface area is 121 Å². The van der Waals surface area contributed by atoms with Crippen LogP contribution < -0.4 is 10.2 Å². The summed E-state index contributed by atoms with van der Waals surface area (Å²) >= 11 is 1.92. The van der Waals surface area contributed by atoms with Gasteiger partial charge < -0.3 is 10.2 Å². The van der Waals surface area contributed by atoms with Crippen LogP contribution in [0.5, 0.6) is 0 Å². The van der Waals surface area contributed by atoms with Crippen LogP contribution in [0.2, 0.25) is 0 Å². The summed E-state index contributed by atoms with van der Waals surface area (Å²) in [5, 5.41) is 3.40. The summed E-state index contributed by atoms with van der Waals surface area (Å²) in [4.78, 5) is 3.79. The Morgan fingerprint density at radius 1 is 1.26 bits per heavy atom. The second-order valence-corrected chi connectivity index (χ2v) is 7.71. The summed E-state index contributed by atoms with van der Waals surface area (Å²) in [6.07, 6.45) is 2.01. The minimum atomic E-state index is 0.222. The molecule has 1 saturated heterocycles. The maximum atomic E-state index is 4.02. The van der Waals surface area contributed by atoms with Gasteiger partial charge in [-0.05, 0) is 12.1 Å². The third-order valence-corrected chi connectivity index (χ3v) is 4.31. The highest BCUT2D eigenvalue weighted by atomic mass is 32.2. The van der Waals surface area contributed by atoms with Crippen molar-refractivity contribution >= 4 is 23.5 Å². The summed E-state index contributed by atoms with van der Waals surface area (Å²) in [6.45, 7) is 15.1. The molecule has 0 aliphatic carbocycles. The summed E-state index contributed by atoms with van der Waals surface area (Å²) in [7, 11) is 0. The number of anilines is 1. The standard InChI is InChI=1S/C16H24N2S/c1-5-13-14(18-11-9-17-10-12-18)7-6-8-15(13)19-16(2,3)4/h5-8,17H,1,9-12H2,2-4H3. The second-order valence-electron chi connectivity index (χ2n) is 5.84. The van der Waals surface area contributed by atoms with Crippen molar-refractivity contribution in [2.24, 2.45) is 0 Å². The smallest absolute Gasteiger partial charge is 0.0451 e. The molecule has 3 heteroatoms. The van der Waals surface area contributed by atoms with E-state index in [1.807, 2.05) is 17.8 Å². The van der Waals surface area contributed by atoms with Gasteiger partial charge in [-0.3, -0.25) is 0 Å². The third kappa shape index (κ3) is 3.77. The Morgan fingerprint density at radius 2 is 1.95 bits per heavy atom. The number of nitrogens with zero attached hydrogens (tertiary/aromatic N) is 1. The van der Waals surface area contributed by atoms with Crippen molar-refractivity contribution < 1.29 is 0 Å². The summed E-state index contributed by atoms with van der Waals surface area (Å²) in [5.41, 5.74) is 2.61. The molecule has 1 aromatic rings. The fourth-order valence-corrected chi connectivity index (χ4v) is 3.44. The third-order valence-electron chi connectivity index (χ3n) is 3.12. The molecule has 0 radical (unpaired) electrons. The fourth-order valence-electron chi connectivity index (χ4n) is 2.34. The number of hydrogen-bond donors (Lipinski definition) is 1. The predicted octanol–water partition coefficient (Wildman–Crippen LogP) is 3.63. The number of hydrogen-bond acceptors (Lipinski definition) is 3. The van der Waals surface area contributed by atoms with Crippen molar-refractivity contribution in [3.63, 3.8) is 0 Å². The van der Waals surface area contributed by atoms with Crippen LogP contribution in [-0.4, -0.2) is 30.9 Å². The molecular formula is C16H24N2S. The van der Waals surface area contributed by atoms with E-state index in [1.54, 1.807) is 0 Å². The lowest BCUT2D eigenvalue weighted by atomic mass is 10.1. The normalized spacial score (nSPS) is 16.5. The molecule has 19 heavy (non-hydrogen) atoms. The van der Waals surface area contributed by atoms with Crippen molar-refractivity contribution in [2.75, 3.05) is 31.1 Å². The maximum absolute atomic E-state index is 4.02. The molecule has 0 saturated carbocycles. The number of rotatable bonds is 3. The number of thioether (sulfide) groups is 1. The Morgan fingerprint density at radius 3 is 2.53 bits per heavy atom. The van der Waals surface area contributed by atoms with E-state index in [0.29, 0.717) is 0 Å². The average molecular weight is 276 g/mol. The van der Waals surface area contributed by atoms with E-state index < -0.39 is 0 Å². The molecule has 1 aromatic carbocycles. The topological polar surface area (TPSA) is 15.3 Å². The molecule has 104 valence electrons. The molecule has 0 amide bonds. The summed E-state index contributed by atoms with van der Waals surface area (Å²) < 4.78 is 0.222. The molecule has 0 aromatic heterocycles. The average Bonchev–Trinajstić information content (AvgIpc) is 2.37. The Balaban J connectivity index is 2.33. The molecule has 0 atom stereocenters. The molecule has 1 heterocycles. The highest BCUT2D eigenvalue weighted by Gasteiger charge is 2.18.